The third kappa shape index (κ3) is 4.76. The maximum atomic E-state index is 13.5. The summed E-state index contributed by atoms with van der Waals surface area (Å²) in [4.78, 5) is 11.6. The van der Waals surface area contributed by atoms with Gasteiger partial charge in [0.1, 0.15) is 0 Å². The number of carbonyl (C=O) groups excluding carboxylic acids is 1. The Hall–Kier alpha value is -3.36. The summed E-state index contributed by atoms with van der Waals surface area (Å²) in [5.41, 5.74) is -3.26. The molecule has 0 radical (unpaired) electrons. The van der Waals surface area contributed by atoms with Crippen LogP contribution in [-0.2, 0) is 14.8 Å². The molecule has 0 saturated heterocycles. The Kier molecular flexibility index (Phi) is 7.02. The second-order valence-corrected chi connectivity index (χ2v) is 7.18. The van der Waals surface area contributed by atoms with Crippen molar-refractivity contribution < 1.29 is 57.1 Å². The van der Waals surface area contributed by atoms with Crippen molar-refractivity contribution >= 4 is 28.1 Å². The van der Waals surface area contributed by atoms with Crippen molar-refractivity contribution in [2.45, 2.75) is 0 Å². The zero-order chi connectivity index (χ0) is 24.5. The van der Waals surface area contributed by atoms with Gasteiger partial charge in [-0.3, -0.25) is 4.79 Å². The second kappa shape index (κ2) is 9.02. The van der Waals surface area contributed by atoms with Gasteiger partial charge in [0.15, 0.2) is 46.5 Å². The molecular weight excluding hydrogens is 488 g/mol. The number of rotatable bonds is 5. The predicted octanol–water partition coefficient (Wildman–Crippen LogP) is 4.21. The van der Waals surface area contributed by atoms with E-state index < -0.39 is 85.2 Å². The Morgan fingerprint density at radius 1 is 0.562 bits per heavy atom. The van der Waals surface area contributed by atoms with E-state index in [1.807, 2.05) is 0 Å². The fourth-order valence-corrected chi connectivity index (χ4v) is 2.79. The number of amides is 1. The summed E-state index contributed by atoms with van der Waals surface area (Å²) in [6.07, 6.45) is -0.0172. The Morgan fingerprint density at radius 3 is 1.25 bits per heavy atom. The fourth-order valence-electron chi connectivity index (χ4n) is 2.06. The van der Waals surface area contributed by atoms with Crippen molar-refractivity contribution in [1.29, 1.82) is 0 Å². The molecule has 15 heteroatoms. The summed E-state index contributed by atoms with van der Waals surface area (Å²) in [6, 6.07) is 0. The van der Waals surface area contributed by atoms with E-state index in [4.69, 9.17) is 0 Å². The van der Waals surface area contributed by atoms with Crippen molar-refractivity contribution in [3.8, 4) is 0 Å². The van der Waals surface area contributed by atoms with Gasteiger partial charge in [0, 0.05) is 6.08 Å². The average molecular weight is 493 g/mol. The van der Waals surface area contributed by atoms with Crippen LogP contribution < -0.4 is 4.72 Å². The molecule has 0 aliphatic rings. The van der Waals surface area contributed by atoms with Crippen LogP contribution in [0.3, 0.4) is 0 Å². The first-order valence-corrected chi connectivity index (χ1v) is 9.20. The quantitative estimate of drug-likeness (QED) is 0.294. The van der Waals surface area contributed by atoms with E-state index in [9.17, 15) is 57.1 Å². The molecule has 0 aliphatic carbocycles. The van der Waals surface area contributed by atoms with E-state index in [0.29, 0.717) is 0 Å². The maximum absolute atomic E-state index is 13.5. The third-order valence-electron chi connectivity index (χ3n) is 3.55. The number of nitrogens with one attached hydrogen (secondary N) is 1. The monoisotopic (exact) mass is 493 g/mol. The molecule has 0 spiro atoms. The molecule has 0 fully saturated rings. The van der Waals surface area contributed by atoms with Gasteiger partial charge in [-0.1, -0.05) is 0 Å². The van der Waals surface area contributed by atoms with E-state index in [2.05, 4.69) is 0 Å². The van der Waals surface area contributed by atoms with Crippen molar-refractivity contribution in [2.75, 3.05) is 0 Å². The number of benzene rings is 2. The van der Waals surface area contributed by atoms with Crippen LogP contribution in [0.1, 0.15) is 11.1 Å². The summed E-state index contributed by atoms with van der Waals surface area (Å²) < 4.78 is 157. The number of hydrogen-bond donors (Lipinski definition) is 1. The smallest absolute Gasteiger partial charge is 0.257 e. The molecule has 0 aliphatic heterocycles. The van der Waals surface area contributed by atoms with E-state index in [0.717, 1.165) is 4.72 Å². The van der Waals surface area contributed by atoms with Crippen LogP contribution in [0.15, 0.2) is 11.5 Å². The van der Waals surface area contributed by atoms with Crippen LogP contribution in [0.4, 0.5) is 43.9 Å². The molecule has 0 heterocycles. The Morgan fingerprint density at radius 2 is 0.875 bits per heavy atom. The van der Waals surface area contributed by atoms with Gasteiger partial charge < -0.3 is 0 Å². The van der Waals surface area contributed by atoms with Crippen LogP contribution in [0.25, 0.3) is 12.2 Å². The average Bonchev–Trinajstić information content (AvgIpc) is 2.73. The van der Waals surface area contributed by atoms with Crippen molar-refractivity contribution in [2.24, 2.45) is 0 Å². The first-order chi connectivity index (χ1) is 14.7. The summed E-state index contributed by atoms with van der Waals surface area (Å²) in [5.74, 6) is -25.6. The molecule has 1 N–H and O–H groups in total. The lowest BCUT2D eigenvalue weighted by atomic mass is 10.1. The van der Waals surface area contributed by atoms with Crippen molar-refractivity contribution in [1.82, 2.24) is 4.72 Å². The zero-order valence-electron chi connectivity index (χ0n) is 14.7. The molecule has 2 rings (SSSR count). The molecule has 0 unspecified atom stereocenters. The van der Waals surface area contributed by atoms with Gasteiger partial charge in [0.05, 0.1) is 16.5 Å². The molecular formula is C17H5F10NO3S. The van der Waals surface area contributed by atoms with Crippen LogP contribution in [0.2, 0.25) is 0 Å². The molecule has 0 aromatic heterocycles. The van der Waals surface area contributed by atoms with Crippen LogP contribution in [0, 0.1) is 58.2 Å². The molecule has 32 heavy (non-hydrogen) atoms. The van der Waals surface area contributed by atoms with Gasteiger partial charge in [-0.15, -0.1) is 0 Å². The fraction of sp³-hybridized carbons (Fsp3) is 0. The Bertz CT molecular complexity index is 1230. The lowest BCUT2D eigenvalue weighted by Crippen LogP contribution is -2.27. The number of carbonyl (C=O) groups is 1. The van der Waals surface area contributed by atoms with Gasteiger partial charge in [-0.05, 0) is 12.2 Å². The molecule has 4 nitrogen and oxygen atoms in total. The van der Waals surface area contributed by atoms with E-state index >= 15 is 0 Å². The highest BCUT2D eigenvalue weighted by atomic mass is 32.2. The van der Waals surface area contributed by atoms with E-state index in [-0.39, 0.29) is 23.6 Å². The van der Waals surface area contributed by atoms with E-state index in [1.54, 1.807) is 0 Å². The topological polar surface area (TPSA) is 63.2 Å². The molecule has 2 aromatic carbocycles. The highest BCUT2D eigenvalue weighted by Gasteiger charge is 2.26. The summed E-state index contributed by atoms with van der Waals surface area (Å²) in [7, 11) is -5.00. The van der Waals surface area contributed by atoms with Gasteiger partial charge >= 0.3 is 0 Å². The first kappa shape index (κ1) is 24.9. The largest absolute Gasteiger partial charge is 0.269 e. The maximum Gasteiger partial charge on any atom is 0.257 e. The third-order valence-corrected chi connectivity index (χ3v) is 4.53. The second-order valence-electron chi connectivity index (χ2n) is 5.61. The minimum Gasteiger partial charge on any atom is -0.269 e. The van der Waals surface area contributed by atoms with Gasteiger partial charge in [0.2, 0.25) is 11.6 Å². The normalized spacial score (nSPS) is 12.2. The molecule has 2 aromatic rings. The van der Waals surface area contributed by atoms with Crippen molar-refractivity contribution in [3.63, 3.8) is 0 Å². The summed E-state index contributed by atoms with van der Waals surface area (Å²) >= 11 is 0. The minimum atomic E-state index is -5.00. The number of halogens is 10. The number of sulfonamides is 1. The lowest BCUT2D eigenvalue weighted by molar-refractivity contribution is -0.114. The van der Waals surface area contributed by atoms with Crippen LogP contribution in [-0.4, -0.2) is 14.3 Å². The van der Waals surface area contributed by atoms with Crippen LogP contribution in [0.5, 0.6) is 0 Å². The predicted molar refractivity (Wildman–Crippen MR) is 87.6 cm³/mol. The summed E-state index contributed by atoms with van der Waals surface area (Å²) in [6.45, 7) is 0. The Balaban J connectivity index is 2.29. The molecule has 1 amide bonds. The molecule has 0 bridgehead atoms. The van der Waals surface area contributed by atoms with E-state index in [1.165, 1.54) is 0 Å². The molecule has 0 saturated carbocycles. The highest BCUT2D eigenvalue weighted by Crippen LogP contribution is 2.25. The van der Waals surface area contributed by atoms with Gasteiger partial charge in [0.25, 0.3) is 15.9 Å². The minimum absolute atomic E-state index is 0.0298. The standard InChI is InChI=1S/C17H5F10NO3S/c18-8-5(9(19)13(23)16(26)12(8)22)1-2-7(29)28-32(30,31)4-3-6-10(20)14(24)17(27)15(25)11(6)21/h1-4H,(H,28,29)/b2-1-,4-3+. The summed E-state index contributed by atoms with van der Waals surface area (Å²) in [5, 5.41) is -0.185. The SMILES string of the molecule is O=C(/C=C\c1c(F)c(F)c(F)c(F)c1F)NS(=O)(=O)/C=C/c1c(F)c(F)c(F)c(F)c1F. The highest BCUT2D eigenvalue weighted by molar-refractivity contribution is 7.93. The van der Waals surface area contributed by atoms with Crippen LogP contribution >= 0.6 is 0 Å². The number of hydrogen-bond acceptors (Lipinski definition) is 3. The van der Waals surface area contributed by atoms with Gasteiger partial charge in [-0.25, -0.2) is 57.0 Å². The Labute approximate surface area is 171 Å². The molecule has 172 valence electrons. The van der Waals surface area contributed by atoms with Crippen molar-refractivity contribution in [3.05, 3.63) is 80.8 Å². The zero-order valence-corrected chi connectivity index (χ0v) is 15.5. The molecule has 0 atom stereocenters. The first-order valence-electron chi connectivity index (χ1n) is 7.65. The lowest BCUT2D eigenvalue weighted by Gasteiger charge is -2.05. The van der Waals surface area contributed by atoms with Gasteiger partial charge in [-0.2, -0.15) is 0 Å².